The van der Waals surface area contributed by atoms with Gasteiger partial charge in [0.05, 0.1) is 12.3 Å². The number of ether oxygens (including phenoxy) is 2. The van der Waals surface area contributed by atoms with E-state index in [-0.39, 0.29) is 29.9 Å². The lowest BCUT2D eigenvalue weighted by Gasteiger charge is -2.25. The van der Waals surface area contributed by atoms with Crippen LogP contribution in [0.3, 0.4) is 0 Å². The van der Waals surface area contributed by atoms with Gasteiger partial charge in [-0.25, -0.2) is 4.98 Å². The maximum Gasteiger partial charge on any atom is 0.433 e. The van der Waals surface area contributed by atoms with Crippen molar-refractivity contribution < 1.29 is 37.0 Å². The van der Waals surface area contributed by atoms with E-state index in [1.54, 1.807) is 0 Å². The van der Waals surface area contributed by atoms with Gasteiger partial charge < -0.3 is 9.47 Å². The van der Waals surface area contributed by atoms with Crippen LogP contribution in [0.25, 0.3) is 0 Å². The van der Waals surface area contributed by atoms with Crippen molar-refractivity contribution in [2.75, 3.05) is 13.9 Å². The van der Waals surface area contributed by atoms with E-state index in [4.69, 9.17) is 4.74 Å². The van der Waals surface area contributed by atoms with Gasteiger partial charge in [-0.1, -0.05) is 0 Å². The number of rotatable bonds is 6. The maximum atomic E-state index is 13.0. The second-order valence-corrected chi connectivity index (χ2v) is 6.75. The van der Waals surface area contributed by atoms with E-state index in [1.165, 1.54) is 7.11 Å². The van der Waals surface area contributed by atoms with Gasteiger partial charge in [0, 0.05) is 24.5 Å². The number of aromatic nitrogens is 1. The number of hydrogen-bond acceptors (Lipinski definition) is 6. The van der Waals surface area contributed by atoms with E-state index in [0.29, 0.717) is 25.3 Å². The molecule has 3 rings (SSSR count). The van der Waals surface area contributed by atoms with Crippen molar-refractivity contribution in [1.29, 1.82) is 0 Å². The summed E-state index contributed by atoms with van der Waals surface area (Å²) < 4.78 is 48.6. The third-order valence-electron chi connectivity index (χ3n) is 5.04. The van der Waals surface area contributed by atoms with Gasteiger partial charge in [-0.15, -0.1) is 0 Å². The van der Waals surface area contributed by atoms with Crippen molar-refractivity contribution in [3.05, 3.63) is 29.1 Å². The van der Waals surface area contributed by atoms with Crippen LogP contribution in [0.2, 0.25) is 0 Å². The molecule has 2 atom stereocenters. The number of hydrogen-bond donors (Lipinski definition) is 0. The molecule has 0 aromatic carbocycles. The van der Waals surface area contributed by atoms with E-state index in [9.17, 15) is 27.6 Å². The molecule has 9 heteroatoms. The molecule has 2 bridgehead atoms. The Bertz CT molecular complexity index is 755. The minimum atomic E-state index is -4.70. The van der Waals surface area contributed by atoms with Crippen molar-refractivity contribution in [3.63, 3.8) is 0 Å². The van der Waals surface area contributed by atoms with E-state index >= 15 is 0 Å². The molecule has 1 heterocycles. The Morgan fingerprint density at radius 2 is 1.81 bits per heavy atom. The number of carbonyl (C=O) groups excluding carboxylic acids is 3. The van der Waals surface area contributed by atoms with Crippen LogP contribution in [-0.4, -0.2) is 36.2 Å². The number of alkyl halides is 3. The molecule has 0 aliphatic heterocycles. The third kappa shape index (κ3) is 3.79. The lowest BCUT2D eigenvalue weighted by atomic mass is 9.75. The number of methoxy groups -OCH3 is 1. The van der Waals surface area contributed by atoms with E-state index in [2.05, 4.69) is 9.72 Å². The molecule has 2 aliphatic carbocycles. The average Bonchev–Trinajstić information content (AvgIpc) is 3.07. The van der Waals surface area contributed by atoms with Gasteiger partial charge in [0.25, 0.3) is 0 Å². The molecular weight excluding hydrogens is 367 g/mol. The highest BCUT2D eigenvalue weighted by molar-refractivity contribution is 6.26. The van der Waals surface area contributed by atoms with E-state index < -0.39 is 41.7 Å². The first-order chi connectivity index (χ1) is 12.7. The van der Waals surface area contributed by atoms with Gasteiger partial charge in [-0.3, -0.25) is 14.4 Å². The summed E-state index contributed by atoms with van der Waals surface area (Å²) in [6.07, 6.45) is -3.12. The molecule has 2 fully saturated rings. The highest BCUT2D eigenvalue weighted by Crippen LogP contribution is 2.41. The highest BCUT2D eigenvalue weighted by Gasteiger charge is 2.50. The minimum Gasteiger partial charge on any atom is -0.359 e. The summed E-state index contributed by atoms with van der Waals surface area (Å²) in [6, 6.07) is 1.63. The molecule has 2 aliphatic rings. The van der Waals surface area contributed by atoms with Crippen molar-refractivity contribution in [1.82, 2.24) is 4.98 Å². The Balaban J connectivity index is 1.95. The Morgan fingerprint density at radius 3 is 2.37 bits per heavy atom. The van der Waals surface area contributed by atoms with Crippen molar-refractivity contribution >= 4 is 17.3 Å². The highest BCUT2D eigenvalue weighted by atomic mass is 19.4. The fourth-order valence-corrected chi connectivity index (χ4v) is 3.74. The van der Waals surface area contributed by atoms with Crippen LogP contribution in [0.5, 0.6) is 0 Å². The fourth-order valence-electron chi connectivity index (χ4n) is 3.74. The van der Waals surface area contributed by atoms with Gasteiger partial charge >= 0.3 is 6.18 Å². The first-order valence-corrected chi connectivity index (χ1v) is 8.49. The zero-order valence-electron chi connectivity index (χ0n) is 14.5. The average molecular weight is 385 g/mol. The smallest absolute Gasteiger partial charge is 0.359 e. The molecule has 6 nitrogen and oxygen atoms in total. The number of fused-ring (bicyclic) bond motifs is 2. The number of pyridine rings is 1. The number of nitrogens with zero attached hydrogens (tertiary/aromatic N) is 1. The molecular formula is C18H18F3NO5. The fraction of sp³-hybridized carbons (Fsp3) is 0.556. The monoisotopic (exact) mass is 385 g/mol. The van der Waals surface area contributed by atoms with E-state index in [0.717, 1.165) is 6.07 Å². The zero-order valence-corrected chi connectivity index (χ0v) is 14.5. The number of halogens is 3. The summed E-state index contributed by atoms with van der Waals surface area (Å²) in [7, 11) is 1.33. The van der Waals surface area contributed by atoms with Gasteiger partial charge in [-0.05, 0) is 31.4 Å². The quantitative estimate of drug-likeness (QED) is 0.324. The summed E-state index contributed by atoms with van der Waals surface area (Å²) in [5.41, 5.74) is -1.66. The summed E-state index contributed by atoms with van der Waals surface area (Å²) in [5.74, 6) is -3.82. The van der Waals surface area contributed by atoms with E-state index in [1.807, 2.05) is 0 Å². The standard InChI is InChI=1S/C18H18F3NO5/c1-26-8-27-7-12-11(4-5-13(22-12)18(19,20)21)17(25)14-15(23)9-2-3-10(6-9)16(14)24/h4-5,9-10,14H,2-3,6-8H2,1H3. The molecule has 1 aromatic rings. The van der Waals surface area contributed by atoms with Crippen LogP contribution >= 0.6 is 0 Å². The molecule has 146 valence electrons. The zero-order chi connectivity index (χ0) is 19.8. The number of carbonyl (C=O) groups is 3. The van der Waals surface area contributed by atoms with Crippen molar-refractivity contribution in [3.8, 4) is 0 Å². The lowest BCUT2D eigenvalue weighted by molar-refractivity contribution is -0.141. The van der Waals surface area contributed by atoms with Gasteiger partial charge in [0.1, 0.15) is 18.4 Å². The summed E-state index contributed by atoms with van der Waals surface area (Å²) in [5, 5.41) is 0. The van der Waals surface area contributed by atoms with Gasteiger partial charge in [-0.2, -0.15) is 13.2 Å². The lowest BCUT2D eigenvalue weighted by Crippen LogP contribution is -2.42. The first kappa shape index (κ1) is 19.6. The first-order valence-electron chi connectivity index (χ1n) is 8.49. The Hall–Kier alpha value is -2.13. The third-order valence-corrected chi connectivity index (χ3v) is 5.04. The Kier molecular flexibility index (Phi) is 5.43. The molecule has 27 heavy (non-hydrogen) atoms. The predicted molar refractivity (Wildman–Crippen MR) is 84.6 cm³/mol. The van der Waals surface area contributed by atoms with Crippen LogP contribution < -0.4 is 0 Å². The Morgan fingerprint density at radius 1 is 1.19 bits per heavy atom. The SMILES string of the molecule is COCOCc1nc(C(F)(F)F)ccc1C(=O)C1C(=O)C2CCC(C2)C1=O. The van der Waals surface area contributed by atoms with Crippen LogP contribution in [0.4, 0.5) is 13.2 Å². The summed E-state index contributed by atoms with van der Waals surface area (Å²) in [4.78, 5) is 41.4. The van der Waals surface area contributed by atoms with Gasteiger partial charge in [0.15, 0.2) is 17.3 Å². The second-order valence-electron chi connectivity index (χ2n) is 6.75. The molecule has 2 unspecified atom stereocenters. The largest absolute Gasteiger partial charge is 0.433 e. The Labute approximate surface area is 153 Å². The molecule has 0 radical (unpaired) electrons. The number of ketones is 3. The van der Waals surface area contributed by atoms with Crippen molar-refractivity contribution in [2.24, 2.45) is 17.8 Å². The van der Waals surface area contributed by atoms with Crippen LogP contribution in [0, 0.1) is 17.8 Å². The summed E-state index contributed by atoms with van der Waals surface area (Å²) in [6.45, 7) is -0.627. The normalized spacial score (nSPS) is 25.1. The predicted octanol–water partition coefficient (Wildman–Crippen LogP) is 2.59. The molecule has 0 spiro atoms. The molecule has 0 N–H and O–H groups in total. The molecule has 1 aromatic heterocycles. The molecule has 0 amide bonds. The van der Waals surface area contributed by atoms with Crippen LogP contribution in [-0.2, 0) is 31.8 Å². The minimum absolute atomic E-state index is 0.202. The van der Waals surface area contributed by atoms with Crippen molar-refractivity contribution in [2.45, 2.75) is 32.0 Å². The summed E-state index contributed by atoms with van der Waals surface area (Å²) >= 11 is 0. The van der Waals surface area contributed by atoms with Crippen LogP contribution in [0.1, 0.15) is 41.0 Å². The molecule has 0 saturated heterocycles. The topological polar surface area (TPSA) is 82.6 Å². The number of Topliss-reactive ketones (excluding diaryl/α,β-unsaturated/α-hetero) is 3. The van der Waals surface area contributed by atoms with Crippen LogP contribution in [0.15, 0.2) is 12.1 Å². The van der Waals surface area contributed by atoms with Gasteiger partial charge in [0.2, 0.25) is 0 Å². The maximum absolute atomic E-state index is 13.0. The molecule has 2 saturated carbocycles. The second kappa shape index (κ2) is 7.47.